The van der Waals surface area contributed by atoms with Crippen LogP contribution in [-0.4, -0.2) is 35.3 Å². The molecule has 0 aliphatic rings. The molecule has 0 aliphatic heterocycles. The van der Waals surface area contributed by atoms with E-state index in [-0.39, 0.29) is 0 Å². The standard InChI is InChI=1S/C18H22N2O3/c1-14(20(22)18(21)19(2)3)16-9-11-17(12-10-16)23-13-15-7-5-4-6-8-15/h4-12,14,22H,13H2,1-3H3. The molecule has 0 spiro atoms. The fraction of sp³-hybridized carbons (Fsp3) is 0.278. The Hall–Kier alpha value is -2.53. The summed E-state index contributed by atoms with van der Waals surface area (Å²) in [6, 6.07) is 16.4. The number of rotatable bonds is 5. The Labute approximate surface area is 136 Å². The van der Waals surface area contributed by atoms with Crippen molar-refractivity contribution < 1.29 is 14.7 Å². The van der Waals surface area contributed by atoms with Crippen LogP contribution in [0.4, 0.5) is 4.79 Å². The smallest absolute Gasteiger partial charge is 0.343 e. The molecule has 122 valence electrons. The Bertz CT molecular complexity index is 626. The summed E-state index contributed by atoms with van der Waals surface area (Å²) in [6.07, 6.45) is 0. The highest BCUT2D eigenvalue weighted by atomic mass is 16.5. The molecular weight excluding hydrogens is 292 g/mol. The van der Waals surface area contributed by atoms with Crippen LogP contribution in [0.5, 0.6) is 5.75 Å². The molecule has 0 bridgehead atoms. The quantitative estimate of drug-likeness (QED) is 0.676. The first-order chi connectivity index (χ1) is 11.0. The third-order valence-corrected chi connectivity index (χ3v) is 3.56. The van der Waals surface area contributed by atoms with Gasteiger partial charge < -0.3 is 9.64 Å². The van der Waals surface area contributed by atoms with Crippen LogP contribution in [0, 0.1) is 0 Å². The fourth-order valence-electron chi connectivity index (χ4n) is 2.10. The molecule has 2 aromatic rings. The first-order valence-electron chi connectivity index (χ1n) is 7.45. The zero-order chi connectivity index (χ0) is 16.8. The van der Waals surface area contributed by atoms with Gasteiger partial charge in [0, 0.05) is 14.1 Å². The van der Waals surface area contributed by atoms with E-state index in [2.05, 4.69) is 0 Å². The van der Waals surface area contributed by atoms with Crippen LogP contribution >= 0.6 is 0 Å². The number of hydroxylamine groups is 2. The van der Waals surface area contributed by atoms with Crippen molar-refractivity contribution in [3.63, 3.8) is 0 Å². The second kappa shape index (κ2) is 7.65. The van der Waals surface area contributed by atoms with Crippen LogP contribution in [0.25, 0.3) is 0 Å². The second-order valence-electron chi connectivity index (χ2n) is 5.54. The fourth-order valence-corrected chi connectivity index (χ4v) is 2.10. The van der Waals surface area contributed by atoms with Crippen molar-refractivity contribution in [2.75, 3.05) is 14.1 Å². The number of hydrogen-bond donors (Lipinski definition) is 1. The van der Waals surface area contributed by atoms with Crippen molar-refractivity contribution in [2.45, 2.75) is 19.6 Å². The molecule has 1 N–H and O–H groups in total. The first kappa shape index (κ1) is 16.8. The Balaban J connectivity index is 1.97. The van der Waals surface area contributed by atoms with Gasteiger partial charge in [-0.1, -0.05) is 42.5 Å². The van der Waals surface area contributed by atoms with E-state index in [1.165, 1.54) is 4.90 Å². The van der Waals surface area contributed by atoms with Gasteiger partial charge in [-0.05, 0) is 30.2 Å². The monoisotopic (exact) mass is 314 g/mol. The number of hydrogen-bond acceptors (Lipinski definition) is 3. The number of carbonyl (C=O) groups excluding carboxylic acids is 1. The molecule has 0 heterocycles. The van der Waals surface area contributed by atoms with Crippen molar-refractivity contribution in [1.29, 1.82) is 0 Å². The topological polar surface area (TPSA) is 53.0 Å². The summed E-state index contributed by atoms with van der Waals surface area (Å²) in [7, 11) is 3.19. The summed E-state index contributed by atoms with van der Waals surface area (Å²) in [5.74, 6) is 0.744. The van der Waals surface area contributed by atoms with Gasteiger partial charge in [0.1, 0.15) is 12.4 Å². The molecule has 0 fully saturated rings. The van der Waals surface area contributed by atoms with E-state index in [1.807, 2.05) is 54.6 Å². The lowest BCUT2D eigenvalue weighted by Gasteiger charge is -2.25. The summed E-state index contributed by atoms with van der Waals surface area (Å²) < 4.78 is 5.72. The normalized spacial score (nSPS) is 11.7. The van der Waals surface area contributed by atoms with E-state index < -0.39 is 12.1 Å². The van der Waals surface area contributed by atoms with E-state index in [0.717, 1.165) is 21.9 Å². The van der Waals surface area contributed by atoms with Gasteiger partial charge in [-0.25, -0.2) is 4.79 Å². The summed E-state index contributed by atoms with van der Waals surface area (Å²) in [6.45, 7) is 2.27. The molecule has 23 heavy (non-hydrogen) atoms. The second-order valence-corrected chi connectivity index (χ2v) is 5.54. The molecule has 1 unspecified atom stereocenters. The lowest BCUT2D eigenvalue weighted by atomic mass is 10.1. The average Bonchev–Trinajstić information content (AvgIpc) is 2.59. The van der Waals surface area contributed by atoms with Crippen molar-refractivity contribution in [1.82, 2.24) is 9.96 Å². The Morgan fingerprint density at radius 3 is 2.26 bits per heavy atom. The van der Waals surface area contributed by atoms with E-state index in [4.69, 9.17) is 4.74 Å². The van der Waals surface area contributed by atoms with Crippen LogP contribution in [0.15, 0.2) is 54.6 Å². The first-order valence-corrected chi connectivity index (χ1v) is 7.45. The van der Waals surface area contributed by atoms with Gasteiger partial charge in [0.25, 0.3) is 0 Å². The number of amides is 2. The maximum atomic E-state index is 11.8. The van der Waals surface area contributed by atoms with E-state index in [9.17, 15) is 10.0 Å². The highest BCUT2D eigenvalue weighted by Gasteiger charge is 2.21. The Morgan fingerprint density at radius 2 is 1.70 bits per heavy atom. The van der Waals surface area contributed by atoms with E-state index >= 15 is 0 Å². The molecule has 2 amide bonds. The van der Waals surface area contributed by atoms with Crippen LogP contribution in [0.2, 0.25) is 0 Å². The largest absolute Gasteiger partial charge is 0.489 e. The molecular formula is C18H22N2O3. The summed E-state index contributed by atoms with van der Waals surface area (Å²) in [5, 5.41) is 10.7. The molecule has 0 aliphatic carbocycles. The van der Waals surface area contributed by atoms with E-state index in [0.29, 0.717) is 6.61 Å². The van der Waals surface area contributed by atoms with Crippen LogP contribution < -0.4 is 4.74 Å². The van der Waals surface area contributed by atoms with Gasteiger partial charge in [-0.3, -0.25) is 5.21 Å². The van der Waals surface area contributed by atoms with Gasteiger partial charge in [0.2, 0.25) is 0 Å². The molecule has 0 saturated heterocycles. The third-order valence-electron chi connectivity index (χ3n) is 3.56. The number of benzene rings is 2. The van der Waals surface area contributed by atoms with Crippen LogP contribution in [0.3, 0.4) is 0 Å². The van der Waals surface area contributed by atoms with E-state index in [1.54, 1.807) is 21.0 Å². The minimum absolute atomic E-state index is 0.437. The number of ether oxygens (including phenoxy) is 1. The average molecular weight is 314 g/mol. The van der Waals surface area contributed by atoms with Gasteiger partial charge in [-0.15, -0.1) is 0 Å². The predicted octanol–water partition coefficient (Wildman–Crippen LogP) is 3.70. The lowest BCUT2D eigenvalue weighted by molar-refractivity contribution is -0.0830. The van der Waals surface area contributed by atoms with Crippen LogP contribution in [0.1, 0.15) is 24.1 Å². The minimum atomic E-state index is -0.457. The lowest BCUT2D eigenvalue weighted by Crippen LogP contribution is -2.38. The molecule has 5 nitrogen and oxygen atoms in total. The molecule has 0 saturated carbocycles. The third kappa shape index (κ3) is 4.47. The number of nitrogens with zero attached hydrogens (tertiary/aromatic N) is 2. The predicted molar refractivity (Wildman–Crippen MR) is 88.3 cm³/mol. The Kier molecular flexibility index (Phi) is 5.60. The molecule has 1 atom stereocenters. The summed E-state index contributed by atoms with van der Waals surface area (Å²) >= 11 is 0. The summed E-state index contributed by atoms with van der Waals surface area (Å²) in [5.41, 5.74) is 1.93. The van der Waals surface area contributed by atoms with Gasteiger partial charge >= 0.3 is 6.03 Å². The van der Waals surface area contributed by atoms with Crippen molar-refractivity contribution in [3.05, 3.63) is 65.7 Å². The minimum Gasteiger partial charge on any atom is -0.489 e. The SMILES string of the molecule is CC(c1ccc(OCc2ccccc2)cc1)N(O)C(=O)N(C)C. The molecule has 2 rings (SSSR count). The number of urea groups is 1. The van der Waals surface area contributed by atoms with Crippen molar-refractivity contribution >= 4 is 6.03 Å². The maximum absolute atomic E-state index is 11.8. The molecule has 0 aromatic heterocycles. The highest BCUT2D eigenvalue weighted by Crippen LogP contribution is 2.22. The maximum Gasteiger partial charge on any atom is 0.343 e. The summed E-state index contributed by atoms with van der Waals surface area (Å²) in [4.78, 5) is 13.1. The van der Waals surface area contributed by atoms with Gasteiger partial charge in [0.15, 0.2) is 0 Å². The molecule has 2 aromatic carbocycles. The Morgan fingerprint density at radius 1 is 1.09 bits per heavy atom. The van der Waals surface area contributed by atoms with Gasteiger partial charge in [0.05, 0.1) is 6.04 Å². The molecule has 5 heteroatoms. The zero-order valence-corrected chi connectivity index (χ0v) is 13.6. The van der Waals surface area contributed by atoms with Crippen molar-refractivity contribution in [2.24, 2.45) is 0 Å². The van der Waals surface area contributed by atoms with Crippen molar-refractivity contribution in [3.8, 4) is 5.75 Å². The number of carbonyl (C=O) groups is 1. The zero-order valence-electron chi connectivity index (χ0n) is 13.6. The van der Waals surface area contributed by atoms with Crippen LogP contribution in [-0.2, 0) is 6.61 Å². The molecule has 0 radical (unpaired) electrons. The highest BCUT2D eigenvalue weighted by molar-refractivity contribution is 5.73. The van der Waals surface area contributed by atoms with Gasteiger partial charge in [-0.2, -0.15) is 5.06 Å².